The fourth-order valence-electron chi connectivity index (χ4n) is 4.80. The number of nitrogens with zero attached hydrogens (tertiary/aromatic N) is 3. The summed E-state index contributed by atoms with van der Waals surface area (Å²) in [6.45, 7) is -21.1. The molecule has 0 radical (unpaired) electrons. The molecule has 1 N–H and O–H groups in total. The Morgan fingerprint density at radius 3 is 2.72 bits per heavy atom. The maximum absolute atomic E-state index is 14.2. The fraction of sp³-hybridized carbons (Fsp3) is 0.467. The summed E-state index contributed by atoms with van der Waals surface area (Å²) in [4.78, 5) is 16.7. The van der Waals surface area contributed by atoms with Crippen LogP contribution in [0.5, 0.6) is 0 Å². The first-order chi connectivity index (χ1) is 24.3. The third kappa shape index (κ3) is 3.56. The Morgan fingerprint density at radius 2 is 2.00 bits per heavy atom. The molecule has 3 heterocycles. The smallest absolute Gasteiger partial charge is 0.195 e. The van der Waals surface area contributed by atoms with Crippen LogP contribution in [0.2, 0.25) is 0 Å². The molecule has 1 aliphatic carbocycles. The van der Waals surface area contributed by atoms with Crippen LogP contribution in [0.3, 0.4) is 0 Å². The van der Waals surface area contributed by atoms with E-state index in [0.717, 1.165) is 6.07 Å². The van der Waals surface area contributed by atoms with Crippen molar-refractivity contribution in [3.8, 4) is 6.07 Å². The number of nitriles is 1. The van der Waals surface area contributed by atoms with Crippen molar-refractivity contribution < 1.29 is 34.2 Å². The average Bonchev–Trinajstić information content (AvgIpc) is 3.42. The molecule has 0 unspecified atom stereocenters. The van der Waals surface area contributed by atoms with Gasteiger partial charge in [-0.3, -0.25) is 9.69 Å². The number of fused-ring (bicyclic) bond motifs is 4. The van der Waals surface area contributed by atoms with Gasteiger partial charge in [-0.05, 0) is 54.6 Å². The summed E-state index contributed by atoms with van der Waals surface area (Å²) in [6.07, 6.45) is -8.83. The molecule has 6 rings (SSSR count). The highest BCUT2D eigenvalue weighted by atomic mass is 16.5. The minimum Gasteiger partial charge on any atom is -0.379 e. The molecular weight excluding hydrogens is 448 g/mol. The molecule has 2 fully saturated rings. The third-order valence-corrected chi connectivity index (χ3v) is 6.64. The topological polar surface area (TPSA) is 72.4 Å². The van der Waals surface area contributed by atoms with Crippen molar-refractivity contribution in [3.05, 3.63) is 63.8 Å². The highest BCUT2D eigenvalue weighted by Crippen LogP contribution is 2.46. The molecule has 1 aromatic heterocycles. The molecular formula is C30H34N4O2. The standard InChI is InChI=1S/C30H34N4O2/c1-4-20-16-23-24(17-26(20)34-9-7-21(8-10-34)33-11-13-36-14-12-33)30(2,3)29-27(28(23)35)22-6-5-19(18-31)15-25(22)32-29/h5-6,15-17,21,32H,4,7-14H2,1-3H3/i1D,7D2,8D2,9D2,10D2,11D2,12D2,13D2,14D2,21D. The fourth-order valence-corrected chi connectivity index (χ4v) is 4.80. The van der Waals surface area contributed by atoms with Gasteiger partial charge in [0.05, 0.1) is 35.8 Å². The van der Waals surface area contributed by atoms with Gasteiger partial charge in [0.25, 0.3) is 0 Å². The molecule has 0 saturated carbocycles. The Morgan fingerprint density at radius 1 is 1.22 bits per heavy atom. The highest BCUT2D eigenvalue weighted by molar-refractivity contribution is 6.20. The summed E-state index contributed by atoms with van der Waals surface area (Å²) in [7, 11) is 0. The lowest BCUT2D eigenvalue weighted by atomic mass is 9.70. The van der Waals surface area contributed by atoms with Crippen LogP contribution in [0.1, 0.15) is 96.5 Å². The number of aryl methyl sites for hydroxylation is 1. The van der Waals surface area contributed by atoms with Gasteiger partial charge < -0.3 is 14.6 Å². The number of aromatic amines is 1. The van der Waals surface area contributed by atoms with Crippen molar-refractivity contribution in [1.82, 2.24) is 9.88 Å². The molecule has 6 nitrogen and oxygen atoms in total. The monoisotopic (exact) mass is 500 g/mol. The van der Waals surface area contributed by atoms with Crippen molar-refractivity contribution in [2.45, 2.75) is 51.3 Å². The first kappa shape index (κ1) is 10.7. The van der Waals surface area contributed by atoms with Crippen LogP contribution < -0.4 is 4.90 Å². The van der Waals surface area contributed by atoms with Gasteiger partial charge in [-0.2, -0.15) is 5.26 Å². The Hall–Kier alpha value is -3.14. The number of anilines is 1. The normalized spacial score (nSPS) is 39.7. The number of rotatable bonds is 3. The molecule has 3 aromatic rings. The van der Waals surface area contributed by atoms with Crippen molar-refractivity contribution in [3.63, 3.8) is 0 Å². The number of carbonyl (C=O) groups is 1. The number of H-pyrrole nitrogens is 1. The van der Waals surface area contributed by atoms with Crippen LogP contribution in [-0.4, -0.2) is 60.8 Å². The Kier molecular flexibility index (Phi) is 2.60. The van der Waals surface area contributed by atoms with Crippen LogP contribution in [0.25, 0.3) is 10.9 Å². The molecule has 0 atom stereocenters. The molecule has 0 bridgehead atoms. The van der Waals surface area contributed by atoms with Gasteiger partial charge in [0.15, 0.2) is 5.78 Å². The predicted octanol–water partition coefficient (Wildman–Crippen LogP) is 4.77. The summed E-state index contributed by atoms with van der Waals surface area (Å²) in [5.74, 6) is -0.520. The number of aromatic nitrogens is 1. The summed E-state index contributed by atoms with van der Waals surface area (Å²) in [5.41, 5.74) is -0.239. The lowest BCUT2D eigenvalue weighted by Crippen LogP contribution is -2.49. The van der Waals surface area contributed by atoms with Crippen LogP contribution in [0.15, 0.2) is 30.3 Å². The Labute approximate surface area is 238 Å². The van der Waals surface area contributed by atoms with E-state index in [1.165, 1.54) is 12.1 Å². The number of hydrogen-bond acceptors (Lipinski definition) is 5. The van der Waals surface area contributed by atoms with E-state index in [-0.39, 0.29) is 33.6 Å². The predicted molar refractivity (Wildman–Crippen MR) is 142 cm³/mol. The molecule has 0 spiro atoms. The second kappa shape index (κ2) is 8.76. The van der Waals surface area contributed by atoms with Gasteiger partial charge in [0, 0.05) is 84.5 Å². The number of morpholine rings is 1. The van der Waals surface area contributed by atoms with Gasteiger partial charge in [0.2, 0.25) is 0 Å². The minimum atomic E-state index is -4.44. The first-order valence-corrected chi connectivity index (χ1v) is 11.2. The number of benzene rings is 2. The number of hydrogen-bond donors (Lipinski definition) is 1. The summed E-state index contributed by atoms with van der Waals surface area (Å²) in [6, 6.07) is 4.70. The number of nitrogens with one attached hydrogen (secondary N) is 1. The first-order valence-electron chi connectivity index (χ1n) is 20.4. The third-order valence-electron chi connectivity index (χ3n) is 6.64. The van der Waals surface area contributed by atoms with Crippen molar-refractivity contribution in [1.29, 1.82) is 5.26 Å². The maximum atomic E-state index is 14.2. The second-order valence-corrected chi connectivity index (χ2v) is 9.00. The Balaban J connectivity index is 1.63. The number of ether oxygens (including phenoxy) is 1. The molecule has 2 saturated heterocycles. The van der Waals surface area contributed by atoms with E-state index in [4.69, 9.17) is 17.8 Å². The Bertz CT molecular complexity index is 2100. The number of carbonyl (C=O) groups excluding carboxylic acids is 1. The lowest BCUT2D eigenvalue weighted by Gasteiger charge is -2.42. The summed E-state index contributed by atoms with van der Waals surface area (Å²) in [5, 5.41) is 9.93. The zero-order valence-electron chi connectivity index (χ0n) is 37.5. The number of ketones is 1. The van der Waals surface area contributed by atoms with Gasteiger partial charge in [-0.1, -0.05) is 26.8 Å². The lowest BCUT2D eigenvalue weighted by molar-refractivity contribution is 0.0115. The van der Waals surface area contributed by atoms with Crippen LogP contribution >= 0.6 is 0 Å². The average molecular weight is 501 g/mol. The molecule has 3 aliphatic rings. The van der Waals surface area contributed by atoms with Gasteiger partial charge in [-0.25, -0.2) is 0 Å². The summed E-state index contributed by atoms with van der Waals surface area (Å²) >= 11 is 0. The zero-order chi connectivity index (χ0) is 41.0. The van der Waals surface area contributed by atoms with Crippen molar-refractivity contribution >= 4 is 22.4 Å². The van der Waals surface area contributed by atoms with Gasteiger partial charge >= 0.3 is 0 Å². The molecule has 6 heteroatoms. The van der Waals surface area contributed by atoms with E-state index < -0.39 is 86.6 Å². The summed E-state index contributed by atoms with van der Waals surface area (Å²) < 4.78 is 161. The van der Waals surface area contributed by atoms with E-state index in [0.29, 0.717) is 22.2 Å². The second-order valence-electron chi connectivity index (χ2n) is 9.00. The molecule has 36 heavy (non-hydrogen) atoms. The van der Waals surface area contributed by atoms with E-state index in [1.54, 1.807) is 26.0 Å². The van der Waals surface area contributed by atoms with Crippen LogP contribution in [-0.2, 0) is 16.6 Å². The van der Waals surface area contributed by atoms with Crippen molar-refractivity contribution in [2.75, 3.05) is 44.0 Å². The molecule has 186 valence electrons. The molecule has 0 amide bonds. The SMILES string of the molecule is [2H]CCc1cc2c(cc1N1C([2H])([2H])C([2H])([2H])C([2H])(N3C([2H])([2H])C([2H])([2H])OC([2H])([2H])C3([2H])[2H])C([2H])([2H])C1([2H])[2H])C(C)(C)c1[nH]c3cc(C#N)ccc3c1C2=O. The quantitative estimate of drug-likeness (QED) is 0.561. The maximum Gasteiger partial charge on any atom is 0.195 e. The zero-order valence-corrected chi connectivity index (χ0v) is 19.5. The van der Waals surface area contributed by atoms with Crippen LogP contribution in [0, 0.1) is 11.3 Å². The largest absolute Gasteiger partial charge is 0.379 e. The van der Waals surface area contributed by atoms with E-state index >= 15 is 0 Å². The van der Waals surface area contributed by atoms with E-state index in [2.05, 4.69) is 9.72 Å². The molecule has 2 aliphatic heterocycles. The minimum absolute atomic E-state index is 0.0490. The van der Waals surface area contributed by atoms with Gasteiger partial charge in [-0.15, -0.1) is 0 Å². The highest BCUT2D eigenvalue weighted by Gasteiger charge is 2.40. The van der Waals surface area contributed by atoms with Gasteiger partial charge in [0.1, 0.15) is 0 Å². The van der Waals surface area contributed by atoms with E-state index in [9.17, 15) is 16.9 Å². The van der Waals surface area contributed by atoms with Crippen molar-refractivity contribution in [2.24, 2.45) is 0 Å². The van der Waals surface area contributed by atoms with Crippen LogP contribution in [0.4, 0.5) is 5.69 Å². The van der Waals surface area contributed by atoms with E-state index in [1.807, 2.05) is 6.07 Å². The molecule has 2 aromatic carbocycles. The number of piperidine rings is 1.